The molecule has 1 aliphatic rings. The van der Waals surface area contributed by atoms with Gasteiger partial charge in [-0.2, -0.15) is 13.2 Å². The highest BCUT2D eigenvalue weighted by molar-refractivity contribution is 6.30. The number of halogens is 5. The number of piperazine rings is 1. The van der Waals surface area contributed by atoms with E-state index in [0.29, 0.717) is 11.1 Å². The molecule has 3 amide bonds. The SMILES string of the molecule is C[C@@H]1C(=O)NCCN1C(=O)N[C@H](c1ccnc(OCC(F)(F)F)c1)c1ccc(F)c(Cl)c1. The van der Waals surface area contributed by atoms with Crippen molar-refractivity contribution in [3.63, 3.8) is 0 Å². The summed E-state index contributed by atoms with van der Waals surface area (Å²) in [6, 6.07) is 4.23. The van der Waals surface area contributed by atoms with Crippen LogP contribution in [0.25, 0.3) is 0 Å². The number of ether oxygens (including phenoxy) is 1. The number of nitrogens with zero attached hydrogens (tertiary/aromatic N) is 2. The summed E-state index contributed by atoms with van der Waals surface area (Å²) in [5.41, 5.74) is 0.689. The van der Waals surface area contributed by atoms with Crippen LogP contribution in [-0.2, 0) is 4.79 Å². The second-order valence-corrected chi connectivity index (χ2v) is 7.45. The van der Waals surface area contributed by atoms with Crippen molar-refractivity contribution in [1.82, 2.24) is 20.5 Å². The van der Waals surface area contributed by atoms with E-state index in [1.807, 2.05) is 0 Å². The highest BCUT2D eigenvalue weighted by atomic mass is 35.5. The zero-order valence-corrected chi connectivity index (χ0v) is 17.5. The molecule has 2 N–H and O–H groups in total. The molecule has 2 aromatic rings. The van der Waals surface area contributed by atoms with Gasteiger partial charge in [0.05, 0.1) is 11.1 Å². The fourth-order valence-electron chi connectivity index (χ4n) is 3.16. The summed E-state index contributed by atoms with van der Waals surface area (Å²) in [4.78, 5) is 29.9. The summed E-state index contributed by atoms with van der Waals surface area (Å²) in [7, 11) is 0. The Morgan fingerprint density at radius 3 is 2.75 bits per heavy atom. The Kier molecular flexibility index (Phi) is 7.07. The van der Waals surface area contributed by atoms with Gasteiger partial charge in [-0.25, -0.2) is 14.2 Å². The first kappa shape index (κ1) is 23.6. The van der Waals surface area contributed by atoms with Crippen molar-refractivity contribution < 1.29 is 31.9 Å². The lowest BCUT2D eigenvalue weighted by Crippen LogP contribution is -2.58. The first-order chi connectivity index (χ1) is 15.0. The number of urea groups is 1. The molecule has 0 radical (unpaired) electrons. The second-order valence-electron chi connectivity index (χ2n) is 7.05. The van der Waals surface area contributed by atoms with E-state index < -0.39 is 36.7 Å². The molecule has 7 nitrogen and oxygen atoms in total. The van der Waals surface area contributed by atoms with Gasteiger partial charge >= 0.3 is 12.2 Å². The van der Waals surface area contributed by atoms with Crippen LogP contribution in [0.4, 0.5) is 22.4 Å². The Bertz CT molecular complexity index is 1010. The van der Waals surface area contributed by atoms with Gasteiger partial charge in [-0.05, 0) is 36.2 Å². The third-order valence-corrected chi connectivity index (χ3v) is 5.07. The molecule has 3 rings (SSSR count). The Morgan fingerprint density at radius 1 is 1.34 bits per heavy atom. The van der Waals surface area contributed by atoms with Crippen molar-refractivity contribution >= 4 is 23.5 Å². The number of benzene rings is 1. The molecule has 1 aromatic heterocycles. The average Bonchev–Trinajstić information content (AvgIpc) is 2.74. The van der Waals surface area contributed by atoms with E-state index >= 15 is 0 Å². The number of aromatic nitrogens is 1. The monoisotopic (exact) mass is 474 g/mol. The summed E-state index contributed by atoms with van der Waals surface area (Å²) >= 11 is 5.89. The summed E-state index contributed by atoms with van der Waals surface area (Å²) in [5.74, 6) is -1.30. The molecule has 1 fully saturated rings. The standard InChI is InChI=1S/C20H19ClF4N4O3/c1-11-18(30)27-6-7-29(11)19(31)28-17(12-2-3-15(22)14(21)8-12)13-4-5-26-16(9-13)32-10-20(23,24)25/h2-5,8-9,11,17H,6-7,10H2,1H3,(H,27,30)(H,28,31)/t11-,17+/m1/s1. The number of carbonyl (C=O) groups is 2. The smallest absolute Gasteiger partial charge is 0.422 e. The molecule has 0 spiro atoms. The Labute approximate surface area is 185 Å². The molecule has 1 aromatic carbocycles. The Balaban J connectivity index is 1.92. The van der Waals surface area contributed by atoms with Crippen molar-refractivity contribution in [2.45, 2.75) is 25.2 Å². The van der Waals surface area contributed by atoms with Crippen molar-refractivity contribution in [2.75, 3.05) is 19.7 Å². The van der Waals surface area contributed by atoms with Crippen LogP contribution >= 0.6 is 11.6 Å². The van der Waals surface area contributed by atoms with Gasteiger partial charge in [-0.15, -0.1) is 0 Å². The maximum Gasteiger partial charge on any atom is 0.422 e. The fourth-order valence-corrected chi connectivity index (χ4v) is 3.35. The third-order valence-electron chi connectivity index (χ3n) is 4.78. The van der Waals surface area contributed by atoms with E-state index in [1.165, 1.54) is 35.4 Å². The van der Waals surface area contributed by atoms with Crippen molar-refractivity contribution in [2.24, 2.45) is 0 Å². The minimum atomic E-state index is -4.55. The number of hydrogen-bond donors (Lipinski definition) is 2. The van der Waals surface area contributed by atoms with Crippen LogP contribution in [0.1, 0.15) is 24.1 Å². The predicted molar refractivity (Wildman–Crippen MR) is 107 cm³/mol. The van der Waals surface area contributed by atoms with Crippen LogP contribution in [0.3, 0.4) is 0 Å². The van der Waals surface area contributed by atoms with Crippen molar-refractivity contribution in [1.29, 1.82) is 0 Å². The number of amides is 3. The molecular weight excluding hydrogens is 456 g/mol. The van der Waals surface area contributed by atoms with E-state index in [9.17, 15) is 27.2 Å². The fraction of sp³-hybridized carbons (Fsp3) is 0.350. The number of alkyl halides is 3. The molecule has 0 bridgehead atoms. The molecule has 32 heavy (non-hydrogen) atoms. The van der Waals surface area contributed by atoms with Crippen LogP contribution < -0.4 is 15.4 Å². The molecule has 2 heterocycles. The average molecular weight is 475 g/mol. The van der Waals surface area contributed by atoms with Crippen LogP contribution in [-0.4, -0.2) is 53.7 Å². The van der Waals surface area contributed by atoms with Crippen molar-refractivity contribution in [3.05, 3.63) is 58.5 Å². The first-order valence-corrected chi connectivity index (χ1v) is 9.88. The summed E-state index contributed by atoms with van der Waals surface area (Å²) in [5, 5.41) is 5.18. The lowest BCUT2D eigenvalue weighted by atomic mass is 9.99. The van der Waals surface area contributed by atoms with Gasteiger partial charge in [0.2, 0.25) is 11.8 Å². The quantitative estimate of drug-likeness (QED) is 0.650. The molecule has 0 aliphatic carbocycles. The number of rotatable bonds is 5. The van der Waals surface area contributed by atoms with Gasteiger partial charge in [0.15, 0.2) is 6.61 Å². The van der Waals surface area contributed by atoms with Gasteiger partial charge in [-0.3, -0.25) is 4.79 Å². The maximum atomic E-state index is 13.7. The van der Waals surface area contributed by atoms with Gasteiger partial charge in [0.25, 0.3) is 0 Å². The second kappa shape index (κ2) is 9.60. The largest absolute Gasteiger partial charge is 0.468 e. The van der Waals surface area contributed by atoms with Gasteiger partial charge in [0, 0.05) is 25.4 Å². The molecule has 1 saturated heterocycles. The van der Waals surface area contributed by atoms with Gasteiger partial charge in [-0.1, -0.05) is 17.7 Å². The number of carbonyl (C=O) groups excluding carboxylic acids is 2. The normalized spacial score (nSPS) is 17.5. The highest BCUT2D eigenvalue weighted by Gasteiger charge is 2.32. The number of nitrogens with one attached hydrogen (secondary N) is 2. The molecule has 12 heteroatoms. The van der Waals surface area contributed by atoms with E-state index in [0.717, 1.165) is 6.07 Å². The van der Waals surface area contributed by atoms with Crippen LogP contribution in [0.5, 0.6) is 5.88 Å². The molecule has 172 valence electrons. The van der Waals surface area contributed by atoms with E-state index in [4.69, 9.17) is 16.3 Å². The number of pyridine rings is 1. The first-order valence-electron chi connectivity index (χ1n) is 9.50. The Hall–Kier alpha value is -3.08. The molecule has 0 saturated carbocycles. The predicted octanol–water partition coefficient (Wildman–Crippen LogP) is 3.43. The number of hydrogen-bond acceptors (Lipinski definition) is 4. The van der Waals surface area contributed by atoms with Crippen LogP contribution in [0, 0.1) is 5.82 Å². The lowest BCUT2D eigenvalue weighted by Gasteiger charge is -2.34. The molecule has 2 atom stereocenters. The van der Waals surface area contributed by atoms with E-state index in [2.05, 4.69) is 15.6 Å². The Morgan fingerprint density at radius 2 is 2.06 bits per heavy atom. The topological polar surface area (TPSA) is 83.6 Å². The van der Waals surface area contributed by atoms with E-state index in [1.54, 1.807) is 6.92 Å². The van der Waals surface area contributed by atoms with Crippen LogP contribution in [0.15, 0.2) is 36.5 Å². The third kappa shape index (κ3) is 5.78. The minimum absolute atomic E-state index is 0.199. The summed E-state index contributed by atoms with van der Waals surface area (Å²) in [6.07, 6.45) is -3.33. The zero-order chi connectivity index (χ0) is 23.5. The summed E-state index contributed by atoms with van der Waals surface area (Å²) in [6.45, 7) is 0.552. The minimum Gasteiger partial charge on any atom is -0.468 e. The molecule has 1 aliphatic heterocycles. The van der Waals surface area contributed by atoms with E-state index in [-0.39, 0.29) is 29.9 Å². The highest BCUT2D eigenvalue weighted by Crippen LogP contribution is 2.28. The zero-order valence-electron chi connectivity index (χ0n) is 16.7. The van der Waals surface area contributed by atoms with Gasteiger partial charge in [0.1, 0.15) is 11.9 Å². The summed E-state index contributed by atoms with van der Waals surface area (Å²) < 4.78 is 55.9. The molecule has 0 unspecified atom stereocenters. The van der Waals surface area contributed by atoms with Gasteiger partial charge < -0.3 is 20.3 Å². The maximum absolute atomic E-state index is 13.7. The van der Waals surface area contributed by atoms with Crippen LogP contribution in [0.2, 0.25) is 5.02 Å². The molecular formula is C20H19ClF4N4O3. The lowest BCUT2D eigenvalue weighted by molar-refractivity contribution is -0.154. The van der Waals surface area contributed by atoms with Crippen molar-refractivity contribution in [3.8, 4) is 5.88 Å².